The van der Waals surface area contributed by atoms with E-state index >= 15 is 0 Å². The number of hydrogen-bond donors (Lipinski definition) is 2. The van der Waals surface area contributed by atoms with Crippen LogP contribution >= 0.6 is 0 Å². The molecule has 142 valence electrons. The zero-order valence-electron chi connectivity index (χ0n) is 14.1. The van der Waals surface area contributed by atoms with E-state index in [1.54, 1.807) is 6.07 Å². The van der Waals surface area contributed by atoms with Gasteiger partial charge in [0.2, 0.25) is 5.91 Å². The summed E-state index contributed by atoms with van der Waals surface area (Å²) in [6.07, 6.45) is 1.36. The maximum atomic E-state index is 12.6. The van der Waals surface area contributed by atoms with Crippen molar-refractivity contribution in [2.75, 3.05) is 11.9 Å². The quantitative estimate of drug-likeness (QED) is 0.750. The average Bonchev–Trinajstić information content (AvgIpc) is 3.21. The Bertz CT molecular complexity index is 871. The summed E-state index contributed by atoms with van der Waals surface area (Å²) in [5.41, 5.74) is -1.44. The lowest BCUT2D eigenvalue weighted by molar-refractivity contribution is -0.134. The van der Waals surface area contributed by atoms with E-state index in [0.717, 1.165) is 0 Å². The molecule has 1 aliphatic heterocycles. The first-order valence-electron chi connectivity index (χ1n) is 7.83. The summed E-state index contributed by atoms with van der Waals surface area (Å²) in [6.45, 7) is -2.22. The van der Waals surface area contributed by atoms with Crippen LogP contribution in [0.3, 0.4) is 0 Å². The van der Waals surface area contributed by atoms with E-state index in [1.807, 2.05) is 0 Å². The van der Waals surface area contributed by atoms with Crippen molar-refractivity contribution in [3.05, 3.63) is 48.4 Å². The molecule has 1 aliphatic rings. The Balaban J connectivity index is 1.72. The van der Waals surface area contributed by atoms with E-state index in [0.29, 0.717) is 4.90 Å². The monoisotopic (exact) mass is 379 g/mol. The molecule has 2 heterocycles. The van der Waals surface area contributed by atoms with Crippen LogP contribution in [0.15, 0.2) is 47.1 Å². The van der Waals surface area contributed by atoms with Crippen LogP contribution in [0.2, 0.25) is 0 Å². The minimum absolute atomic E-state index is 0.0105. The van der Waals surface area contributed by atoms with Gasteiger partial charge in [-0.05, 0) is 31.2 Å². The van der Waals surface area contributed by atoms with Gasteiger partial charge in [0.1, 0.15) is 18.1 Å². The summed E-state index contributed by atoms with van der Waals surface area (Å²) in [6, 6.07) is 7.90. The molecule has 27 heavy (non-hydrogen) atoms. The number of carbonyl (C=O) groups is 3. The number of rotatable bonds is 6. The van der Waals surface area contributed by atoms with Crippen molar-refractivity contribution in [3.8, 4) is 5.75 Å². The molecule has 3 rings (SSSR count). The van der Waals surface area contributed by atoms with Gasteiger partial charge in [-0.15, -0.1) is 0 Å². The normalized spacial score (nSPS) is 19.3. The van der Waals surface area contributed by atoms with Gasteiger partial charge in [-0.1, -0.05) is 12.1 Å². The number of carbonyl (C=O) groups excluding carboxylic acids is 3. The van der Waals surface area contributed by atoms with Crippen LogP contribution in [-0.2, 0) is 15.1 Å². The number of furan rings is 1. The Morgan fingerprint density at radius 2 is 2.04 bits per heavy atom. The van der Waals surface area contributed by atoms with Gasteiger partial charge in [-0.25, -0.2) is 4.79 Å². The van der Waals surface area contributed by atoms with Crippen molar-refractivity contribution >= 4 is 23.5 Å². The molecule has 2 N–H and O–H groups in total. The van der Waals surface area contributed by atoms with Crippen LogP contribution in [0.25, 0.3) is 0 Å². The number of alkyl halides is 2. The van der Waals surface area contributed by atoms with Gasteiger partial charge < -0.3 is 19.8 Å². The number of benzene rings is 1. The van der Waals surface area contributed by atoms with Gasteiger partial charge in [-0.3, -0.25) is 14.5 Å². The molecule has 0 unspecified atom stereocenters. The Labute approximate surface area is 152 Å². The third-order valence-electron chi connectivity index (χ3n) is 3.97. The number of hydrogen-bond acceptors (Lipinski definition) is 5. The van der Waals surface area contributed by atoms with Crippen molar-refractivity contribution < 1.29 is 32.3 Å². The van der Waals surface area contributed by atoms with Crippen LogP contribution in [0, 0.1) is 0 Å². The summed E-state index contributed by atoms with van der Waals surface area (Å²) < 4.78 is 34.4. The van der Waals surface area contributed by atoms with Crippen molar-refractivity contribution in [2.45, 2.75) is 19.1 Å². The summed E-state index contributed by atoms with van der Waals surface area (Å²) in [4.78, 5) is 37.7. The van der Waals surface area contributed by atoms with Crippen LogP contribution in [-0.4, -0.2) is 35.9 Å². The molecule has 0 aliphatic carbocycles. The molecule has 0 bridgehead atoms. The van der Waals surface area contributed by atoms with E-state index < -0.39 is 36.5 Å². The molecule has 0 radical (unpaired) electrons. The standard InChI is InChI=1S/C17H15F2N3O5/c1-17(12-7-4-8-26-12)14(24)22(16(25)21-17)9-13(23)20-10-5-2-3-6-11(10)27-15(18)19/h2-8,15H,9H2,1H3,(H,20,23)(H,21,25)/t17-/m1/s1. The topological polar surface area (TPSA) is 101 Å². The fourth-order valence-electron chi connectivity index (χ4n) is 2.67. The molecule has 1 saturated heterocycles. The largest absolute Gasteiger partial charge is 0.466 e. The molecule has 1 aromatic carbocycles. The lowest BCUT2D eigenvalue weighted by atomic mass is 9.99. The van der Waals surface area contributed by atoms with E-state index in [2.05, 4.69) is 15.4 Å². The van der Waals surface area contributed by atoms with E-state index in [4.69, 9.17) is 4.42 Å². The number of halogens is 2. The van der Waals surface area contributed by atoms with E-state index in [-0.39, 0.29) is 17.2 Å². The highest BCUT2D eigenvalue weighted by molar-refractivity contribution is 6.10. The number of nitrogens with one attached hydrogen (secondary N) is 2. The first-order valence-corrected chi connectivity index (χ1v) is 7.83. The molecular weight excluding hydrogens is 364 g/mol. The molecule has 8 nitrogen and oxygen atoms in total. The minimum atomic E-state index is -3.07. The first-order chi connectivity index (χ1) is 12.8. The Hall–Kier alpha value is -3.43. The second kappa shape index (κ2) is 7.06. The van der Waals surface area contributed by atoms with Gasteiger partial charge in [0, 0.05) is 0 Å². The van der Waals surface area contributed by atoms with Gasteiger partial charge in [0.05, 0.1) is 12.0 Å². The summed E-state index contributed by atoms with van der Waals surface area (Å²) >= 11 is 0. The average molecular weight is 379 g/mol. The van der Waals surface area contributed by atoms with Crippen LogP contribution in [0.5, 0.6) is 5.75 Å². The Morgan fingerprint density at radius 1 is 1.30 bits per heavy atom. The molecule has 10 heteroatoms. The molecule has 1 atom stereocenters. The van der Waals surface area contributed by atoms with Crippen LogP contribution in [0.1, 0.15) is 12.7 Å². The zero-order chi connectivity index (χ0) is 19.6. The molecule has 4 amide bonds. The predicted molar refractivity (Wildman–Crippen MR) is 88.0 cm³/mol. The summed E-state index contributed by atoms with van der Waals surface area (Å²) in [7, 11) is 0. The molecule has 1 aromatic heterocycles. The van der Waals surface area contributed by atoms with Crippen molar-refractivity contribution in [2.24, 2.45) is 0 Å². The number of urea groups is 1. The number of amides is 4. The van der Waals surface area contributed by atoms with Gasteiger partial charge in [0.25, 0.3) is 5.91 Å². The van der Waals surface area contributed by atoms with Gasteiger partial charge in [0.15, 0.2) is 5.54 Å². The lowest BCUT2D eigenvalue weighted by Gasteiger charge is -2.19. The van der Waals surface area contributed by atoms with Crippen LogP contribution < -0.4 is 15.4 Å². The molecule has 0 saturated carbocycles. The number of nitrogens with zero attached hydrogens (tertiary/aromatic N) is 1. The van der Waals surface area contributed by atoms with Gasteiger partial charge >= 0.3 is 12.6 Å². The smallest absolute Gasteiger partial charge is 0.387 e. The summed E-state index contributed by atoms with van der Waals surface area (Å²) in [5.74, 6) is -1.44. The second-order valence-corrected chi connectivity index (χ2v) is 5.85. The SMILES string of the molecule is C[C@]1(c2ccco2)NC(=O)N(CC(=O)Nc2ccccc2OC(F)F)C1=O. The maximum Gasteiger partial charge on any atom is 0.387 e. The fraction of sp³-hybridized carbons (Fsp3) is 0.235. The predicted octanol–water partition coefficient (Wildman–Crippen LogP) is 2.29. The van der Waals surface area contributed by atoms with E-state index in [1.165, 1.54) is 43.5 Å². The first kappa shape index (κ1) is 18.4. The van der Waals surface area contributed by atoms with Crippen LogP contribution in [0.4, 0.5) is 19.3 Å². The van der Waals surface area contributed by atoms with Crippen molar-refractivity contribution in [1.29, 1.82) is 0 Å². The highest BCUT2D eigenvalue weighted by Crippen LogP contribution is 2.29. The zero-order valence-corrected chi connectivity index (χ0v) is 14.1. The Kier molecular flexibility index (Phi) is 4.80. The highest BCUT2D eigenvalue weighted by Gasteiger charge is 2.51. The molecule has 2 aromatic rings. The van der Waals surface area contributed by atoms with E-state index in [9.17, 15) is 23.2 Å². The molecular formula is C17H15F2N3O5. The lowest BCUT2D eigenvalue weighted by Crippen LogP contribution is -2.41. The third-order valence-corrected chi connectivity index (χ3v) is 3.97. The summed E-state index contributed by atoms with van der Waals surface area (Å²) in [5, 5.41) is 4.83. The molecule has 1 fully saturated rings. The number of imide groups is 1. The minimum Gasteiger partial charge on any atom is -0.466 e. The van der Waals surface area contributed by atoms with Gasteiger partial charge in [-0.2, -0.15) is 8.78 Å². The van der Waals surface area contributed by atoms with Crippen molar-refractivity contribution in [1.82, 2.24) is 10.2 Å². The Morgan fingerprint density at radius 3 is 2.70 bits per heavy atom. The maximum absolute atomic E-state index is 12.6. The molecule has 0 spiro atoms. The number of para-hydroxylation sites is 2. The third kappa shape index (κ3) is 3.59. The number of ether oxygens (including phenoxy) is 1. The second-order valence-electron chi connectivity index (χ2n) is 5.85. The fourth-order valence-corrected chi connectivity index (χ4v) is 2.67. The highest BCUT2D eigenvalue weighted by atomic mass is 19.3. The van der Waals surface area contributed by atoms with Crippen molar-refractivity contribution in [3.63, 3.8) is 0 Å². The number of anilines is 1.